The lowest BCUT2D eigenvalue weighted by Crippen LogP contribution is -2.44. The molecule has 1 aliphatic carbocycles. The van der Waals surface area contributed by atoms with E-state index in [2.05, 4.69) is 21.6 Å². The number of carbonyl (C=O) groups is 1. The van der Waals surface area contributed by atoms with Gasteiger partial charge in [0.25, 0.3) is 0 Å². The molecule has 1 saturated heterocycles. The molecular weight excluding hydrogens is 284 g/mol. The minimum Gasteiger partial charge on any atom is -0.342 e. The monoisotopic (exact) mass is 302 g/mol. The zero-order valence-corrected chi connectivity index (χ0v) is 12.6. The van der Waals surface area contributed by atoms with Gasteiger partial charge in [0.1, 0.15) is 0 Å². The molecule has 1 amide bonds. The van der Waals surface area contributed by atoms with Crippen LogP contribution in [0.15, 0.2) is 29.9 Å². The van der Waals surface area contributed by atoms with Crippen molar-refractivity contribution in [1.82, 2.24) is 19.9 Å². The van der Waals surface area contributed by atoms with Crippen LogP contribution in [0, 0.1) is 0 Å². The predicted octanol–water partition coefficient (Wildman–Crippen LogP) is 2.23. The number of hydrogen-bond donors (Lipinski definition) is 0. The summed E-state index contributed by atoms with van der Waals surface area (Å²) in [6.45, 7) is 1.64. The smallest absolute Gasteiger partial charge is 0.234 e. The van der Waals surface area contributed by atoms with Crippen LogP contribution in [0.2, 0.25) is 0 Å². The molecule has 110 valence electrons. The Morgan fingerprint density at radius 3 is 2.52 bits per heavy atom. The maximum absolute atomic E-state index is 12.9. The van der Waals surface area contributed by atoms with Gasteiger partial charge in [0.15, 0.2) is 0 Å². The first-order chi connectivity index (χ1) is 10.3. The normalized spacial score (nSPS) is 21.4. The van der Waals surface area contributed by atoms with E-state index in [9.17, 15) is 4.79 Å². The van der Waals surface area contributed by atoms with E-state index in [0.29, 0.717) is 11.9 Å². The van der Waals surface area contributed by atoms with E-state index in [1.165, 1.54) is 4.88 Å². The highest BCUT2D eigenvalue weighted by Crippen LogP contribution is 2.51. The Hall–Kier alpha value is -1.69. The minimum absolute atomic E-state index is 0.190. The van der Waals surface area contributed by atoms with Gasteiger partial charge >= 0.3 is 0 Å². The van der Waals surface area contributed by atoms with Crippen LogP contribution < -0.4 is 0 Å². The van der Waals surface area contributed by atoms with Gasteiger partial charge in [-0.25, -0.2) is 0 Å². The molecule has 5 nitrogen and oxygen atoms in total. The summed E-state index contributed by atoms with van der Waals surface area (Å²) in [7, 11) is 0. The van der Waals surface area contributed by atoms with E-state index < -0.39 is 0 Å². The molecule has 2 fully saturated rings. The lowest BCUT2D eigenvalue weighted by Gasteiger charge is -2.33. The number of nitrogens with zero attached hydrogens (tertiary/aromatic N) is 4. The molecular formula is C15H18N4OS. The highest BCUT2D eigenvalue weighted by atomic mass is 32.1. The molecule has 0 atom stereocenters. The van der Waals surface area contributed by atoms with Gasteiger partial charge in [-0.1, -0.05) is 6.07 Å². The maximum atomic E-state index is 12.9. The second-order valence-corrected chi connectivity index (χ2v) is 6.88. The molecule has 4 rings (SSSR count). The summed E-state index contributed by atoms with van der Waals surface area (Å²) >= 11 is 1.71. The minimum atomic E-state index is -0.190. The summed E-state index contributed by atoms with van der Waals surface area (Å²) in [6.07, 6.45) is 7.34. The van der Waals surface area contributed by atoms with Crippen LogP contribution in [0.1, 0.15) is 36.6 Å². The van der Waals surface area contributed by atoms with Gasteiger partial charge < -0.3 is 4.90 Å². The van der Waals surface area contributed by atoms with Crippen molar-refractivity contribution in [3.05, 3.63) is 34.8 Å². The molecule has 1 saturated carbocycles. The molecule has 0 N–H and O–H groups in total. The standard InChI is InChI=1S/C15H18N4OS/c20-14(15(5-6-15)13-2-1-11-21-13)18-9-3-12(4-10-18)19-16-7-8-17-19/h1-2,7-8,11-12H,3-6,9-10H2. The van der Waals surface area contributed by atoms with Crippen LogP contribution in [0.25, 0.3) is 0 Å². The zero-order chi connectivity index (χ0) is 14.3. The number of carbonyl (C=O) groups excluding carboxylic acids is 1. The Labute approximate surface area is 127 Å². The van der Waals surface area contributed by atoms with E-state index in [1.807, 2.05) is 11.0 Å². The summed E-state index contributed by atoms with van der Waals surface area (Å²) in [6, 6.07) is 4.49. The molecule has 6 heteroatoms. The van der Waals surface area contributed by atoms with Gasteiger partial charge in [-0.15, -0.1) is 11.3 Å². The first kappa shape index (κ1) is 13.0. The van der Waals surface area contributed by atoms with Gasteiger partial charge in [0, 0.05) is 18.0 Å². The van der Waals surface area contributed by atoms with Crippen LogP contribution in [0.3, 0.4) is 0 Å². The molecule has 1 aliphatic heterocycles. The number of thiophene rings is 1. The van der Waals surface area contributed by atoms with E-state index >= 15 is 0 Å². The largest absolute Gasteiger partial charge is 0.342 e. The highest BCUT2D eigenvalue weighted by molar-refractivity contribution is 7.10. The number of piperidine rings is 1. The van der Waals surface area contributed by atoms with Crippen molar-refractivity contribution >= 4 is 17.2 Å². The van der Waals surface area contributed by atoms with Crippen LogP contribution in [-0.4, -0.2) is 38.9 Å². The summed E-state index contributed by atoms with van der Waals surface area (Å²) in [5.74, 6) is 0.330. The van der Waals surface area contributed by atoms with E-state index in [-0.39, 0.29) is 5.41 Å². The van der Waals surface area contributed by atoms with Gasteiger partial charge in [0.2, 0.25) is 5.91 Å². The number of likely N-dealkylation sites (tertiary alicyclic amines) is 1. The van der Waals surface area contributed by atoms with Crippen molar-refractivity contribution < 1.29 is 4.79 Å². The number of amides is 1. The van der Waals surface area contributed by atoms with Crippen molar-refractivity contribution in [3.8, 4) is 0 Å². The lowest BCUT2D eigenvalue weighted by molar-refractivity contribution is -0.135. The first-order valence-electron chi connectivity index (χ1n) is 7.49. The van der Waals surface area contributed by atoms with Crippen LogP contribution in [0.4, 0.5) is 0 Å². The summed E-state index contributed by atoms with van der Waals surface area (Å²) < 4.78 is 0. The Bertz CT molecular complexity index is 610. The SMILES string of the molecule is O=C(N1CCC(n2nccn2)CC1)C1(c2cccs2)CC1. The van der Waals surface area contributed by atoms with Crippen molar-refractivity contribution in [1.29, 1.82) is 0 Å². The zero-order valence-electron chi connectivity index (χ0n) is 11.8. The van der Waals surface area contributed by atoms with E-state index in [4.69, 9.17) is 0 Å². The van der Waals surface area contributed by atoms with Gasteiger partial charge in [-0.3, -0.25) is 4.79 Å². The fourth-order valence-electron chi connectivity index (χ4n) is 3.26. The Balaban J connectivity index is 1.44. The molecule has 3 heterocycles. The highest BCUT2D eigenvalue weighted by Gasteiger charge is 2.54. The van der Waals surface area contributed by atoms with Crippen molar-refractivity contribution in [2.24, 2.45) is 0 Å². The third kappa shape index (κ3) is 2.18. The Morgan fingerprint density at radius 1 is 1.24 bits per heavy atom. The first-order valence-corrected chi connectivity index (χ1v) is 8.37. The van der Waals surface area contributed by atoms with Gasteiger partial charge in [-0.05, 0) is 37.1 Å². The van der Waals surface area contributed by atoms with Gasteiger partial charge in [0.05, 0.1) is 23.9 Å². The quantitative estimate of drug-likeness (QED) is 0.873. The third-order valence-electron chi connectivity index (χ3n) is 4.67. The number of rotatable bonds is 3. The fourth-order valence-corrected chi connectivity index (χ4v) is 4.24. The van der Waals surface area contributed by atoms with Crippen LogP contribution in [-0.2, 0) is 10.2 Å². The molecule has 0 spiro atoms. The summed E-state index contributed by atoms with van der Waals surface area (Å²) in [4.78, 5) is 17.9. The Morgan fingerprint density at radius 2 is 1.95 bits per heavy atom. The van der Waals surface area contributed by atoms with E-state index in [1.54, 1.807) is 28.5 Å². The van der Waals surface area contributed by atoms with Crippen molar-refractivity contribution in [3.63, 3.8) is 0 Å². The van der Waals surface area contributed by atoms with Crippen molar-refractivity contribution in [2.45, 2.75) is 37.1 Å². The van der Waals surface area contributed by atoms with Crippen LogP contribution in [0.5, 0.6) is 0 Å². The second-order valence-electron chi connectivity index (χ2n) is 5.93. The molecule has 21 heavy (non-hydrogen) atoms. The third-order valence-corrected chi connectivity index (χ3v) is 5.74. The van der Waals surface area contributed by atoms with Crippen molar-refractivity contribution in [2.75, 3.05) is 13.1 Å². The summed E-state index contributed by atoms with van der Waals surface area (Å²) in [5.41, 5.74) is -0.190. The average Bonchev–Trinajstić information content (AvgIpc) is 2.99. The maximum Gasteiger partial charge on any atom is 0.234 e. The Kier molecular flexibility index (Phi) is 3.06. The fraction of sp³-hybridized carbons (Fsp3) is 0.533. The van der Waals surface area contributed by atoms with Gasteiger partial charge in [-0.2, -0.15) is 15.0 Å². The lowest BCUT2D eigenvalue weighted by atomic mass is 9.99. The number of hydrogen-bond acceptors (Lipinski definition) is 4. The second kappa shape index (κ2) is 4.94. The number of aromatic nitrogens is 3. The molecule has 0 radical (unpaired) electrons. The topological polar surface area (TPSA) is 51.0 Å². The molecule has 0 bridgehead atoms. The molecule has 2 aromatic heterocycles. The molecule has 2 aliphatic rings. The van der Waals surface area contributed by atoms with Crippen LogP contribution >= 0.6 is 11.3 Å². The van der Waals surface area contributed by atoms with E-state index in [0.717, 1.165) is 38.8 Å². The molecule has 0 aromatic carbocycles. The molecule has 2 aromatic rings. The summed E-state index contributed by atoms with van der Waals surface area (Å²) in [5, 5.41) is 10.5. The average molecular weight is 302 g/mol. The predicted molar refractivity (Wildman–Crippen MR) is 80.1 cm³/mol. The molecule has 0 unspecified atom stereocenters.